The van der Waals surface area contributed by atoms with E-state index >= 15 is 0 Å². The SMILES string of the molecule is COC(OC)C(C)(CN)N(CC(C)C)CC(C)C. The molecule has 18 heavy (non-hydrogen) atoms. The molecule has 1 atom stereocenters. The van der Waals surface area contributed by atoms with Gasteiger partial charge in [-0.2, -0.15) is 0 Å². The molecule has 0 aromatic rings. The van der Waals surface area contributed by atoms with Crippen LogP contribution in [0.2, 0.25) is 0 Å². The molecule has 4 nitrogen and oxygen atoms in total. The van der Waals surface area contributed by atoms with Gasteiger partial charge in [-0.15, -0.1) is 0 Å². The second-order valence-corrected chi connectivity index (χ2v) is 6.06. The average molecular weight is 260 g/mol. The maximum absolute atomic E-state index is 6.01. The second-order valence-electron chi connectivity index (χ2n) is 6.06. The Kier molecular flexibility index (Phi) is 8.03. The first-order chi connectivity index (χ1) is 8.31. The first kappa shape index (κ1) is 17.8. The van der Waals surface area contributed by atoms with Gasteiger partial charge in [0.1, 0.15) is 0 Å². The molecular weight excluding hydrogens is 228 g/mol. The van der Waals surface area contributed by atoms with Crippen molar-refractivity contribution in [3.8, 4) is 0 Å². The molecule has 0 aliphatic rings. The average Bonchev–Trinajstić information content (AvgIpc) is 2.28. The fourth-order valence-electron chi connectivity index (χ4n) is 2.35. The molecule has 0 bridgehead atoms. The molecule has 0 aromatic heterocycles. The van der Waals surface area contributed by atoms with Gasteiger partial charge in [-0.3, -0.25) is 4.90 Å². The zero-order valence-corrected chi connectivity index (χ0v) is 13.2. The van der Waals surface area contributed by atoms with Crippen LogP contribution in [-0.4, -0.2) is 50.6 Å². The number of hydrogen-bond donors (Lipinski definition) is 1. The van der Waals surface area contributed by atoms with Crippen molar-refractivity contribution in [1.82, 2.24) is 4.90 Å². The lowest BCUT2D eigenvalue weighted by atomic mass is 9.95. The molecule has 110 valence electrons. The van der Waals surface area contributed by atoms with Crippen LogP contribution in [-0.2, 0) is 9.47 Å². The maximum Gasteiger partial charge on any atom is 0.176 e. The maximum atomic E-state index is 6.01. The summed E-state index contributed by atoms with van der Waals surface area (Å²) >= 11 is 0. The smallest absolute Gasteiger partial charge is 0.176 e. The van der Waals surface area contributed by atoms with Crippen molar-refractivity contribution in [3.05, 3.63) is 0 Å². The lowest BCUT2D eigenvalue weighted by Gasteiger charge is -2.45. The standard InChI is InChI=1S/C14H32N2O2/c1-11(2)8-16(9-12(3)4)14(5,10-15)13(17-6)18-7/h11-13H,8-10,15H2,1-7H3. The Morgan fingerprint density at radius 1 is 1.00 bits per heavy atom. The van der Waals surface area contributed by atoms with Gasteiger partial charge in [-0.05, 0) is 18.8 Å². The third-order valence-electron chi connectivity index (χ3n) is 3.24. The van der Waals surface area contributed by atoms with Crippen LogP contribution in [0.3, 0.4) is 0 Å². The van der Waals surface area contributed by atoms with Gasteiger partial charge in [0.25, 0.3) is 0 Å². The van der Waals surface area contributed by atoms with Crippen molar-refractivity contribution < 1.29 is 9.47 Å². The van der Waals surface area contributed by atoms with E-state index in [9.17, 15) is 0 Å². The Balaban J connectivity index is 5.08. The summed E-state index contributed by atoms with van der Waals surface area (Å²) in [6, 6.07) is 0. The lowest BCUT2D eigenvalue weighted by Crippen LogP contribution is -2.61. The zero-order chi connectivity index (χ0) is 14.3. The number of nitrogens with zero attached hydrogens (tertiary/aromatic N) is 1. The highest BCUT2D eigenvalue weighted by atomic mass is 16.7. The molecule has 2 N–H and O–H groups in total. The van der Waals surface area contributed by atoms with Crippen molar-refractivity contribution in [2.45, 2.75) is 46.4 Å². The quantitative estimate of drug-likeness (QED) is 0.644. The largest absolute Gasteiger partial charge is 0.354 e. The summed E-state index contributed by atoms with van der Waals surface area (Å²) in [4.78, 5) is 2.40. The molecule has 0 fully saturated rings. The van der Waals surface area contributed by atoms with Gasteiger partial charge in [0.15, 0.2) is 6.29 Å². The van der Waals surface area contributed by atoms with Gasteiger partial charge in [-0.1, -0.05) is 27.7 Å². The molecule has 0 heterocycles. The topological polar surface area (TPSA) is 47.7 Å². The van der Waals surface area contributed by atoms with Gasteiger partial charge < -0.3 is 15.2 Å². The summed E-state index contributed by atoms with van der Waals surface area (Å²) in [5.74, 6) is 1.17. The Morgan fingerprint density at radius 3 is 1.61 bits per heavy atom. The van der Waals surface area contributed by atoms with E-state index in [-0.39, 0.29) is 11.8 Å². The van der Waals surface area contributed by atoms with E-state index in [0.29, 0.717) is 18.4 Å². The van der Waals surface area contributed by atoms with E-state index in [1.54, 1.807) is 14.2 Å². The summed E-state index contributed by atoms with van der Waals surface area (Å²) in [7, 11) is 3.34. The van der Waals surface area contributed by atoms with E-state index in [1.807, 2.05) is 0 Å². The summed E-state index contributed by atoms with van der Waals surface area (Å²) in [5.41, 5.74) is 5.72. The highest BCUT2D eigenvalue weighted by Crippen LogP contribution is 2.24. The van der Waals surface area contributed by atoms with E-state index < -0.39 is 0 Å². The molecular formula is C14H32N2O2. The van der Waals surface area contributed by atoms with Gasteiger partial charge >= 0.3 is 0 Å². The van der Waals surface area contributed by atoms with E-state index in [1.165, 1.54) is 0 Å². The molecule has 0 saturated carbocycles. The van der Waals surface area contributed by atoms with Gasteiger partial charge in [0.05, 0.1) is 5.54 Å². The fourth-order valence-corrected chi connectivity index (χ4v) is 2.35. The molecule has 0 radical (unpaired) electrons. The van der Waals surface area contributed by atoms with E-state index in [0.717, 1.165) is 13.1 Å². The van der Waals surface area contributed by atoms with Crippen molar-refractivity contribution in [2.24, 2.45) is 17.6 Å². The van der Waals surface area contributed by atoms with Crippen LogP contribution in [0.5, 0.6) is 0 Å². The number of nitrogens with two attached hydrogens (primary N) is 1. The summed E-state index contributed by atoms with van der Waals surface area (Å²) in [5, 5.41) is 0. The Labute approximate surface area is 113 Å². The van der Waals surface area contributed by atoms with Crippen LogP contribution < -0.4 is 5.73 Å². The molecule has 0 rings (SSSR count). The van der Waals surface area contributed by atoms with Crippen molar-refractivity contribution in [3.63, 3.8) is 0 Å². The molecule has 0 aromatic carbocycles. The summed E-state index contributed by atoms with van der Waals surface area (Å²) in [6.45, 7) is 13.5. The minimum absolute atomic E-state index is 0.294. The predicted molar refractivity (Wildman–Crippen MR) is 76.5 cm³/mol. The minimum atomic E-state index is -0.306. The van der Waals surface area contributed by atoms with Crippen LogP contribution in [0.4, 0.5) is 0 Å². The van der Waals surface area contributed by atoms with Crippen LogP contribution in [0, 0.1) is 11.8 Å². The monoisotopic (exact) mass is 260 g/mol. The van der Waals surface area contributed by atoms with Crippen molar-refractivity contribution in [1.29, 1.82) is 0 Å². The minimum Gasteiger partial charge on any atom is -0.354 e. The van der Waals surface area contributed by atoms with Crippen molar-refractivity contribution >= 4 is 0 Å². The predicted octanol–water partition coefficient (Wildman–Crippen LogP) is 1.94. The Bertz CT molecular complexity index is 208. The third kappa shape index (κ3) is 4.84. The third-order valence-corrected chi connectivity index (χ3v) is 3.24. The number of ether oxygens (including phenoxy) is 2. The highest BCUT2D eigenvalue weighted by molar-refractivity contribution is 4.91. The molecule has 0 aliphatic heterocycles. The van der Waals surface area contributed by atoms with E-state index in [4.69, 9.17) is 15.2 Å². The highest BCUT2D eigenvalue weighted by Gasteiger charge is 2.39. The first-order valence-electron chi connectivity index (χ1n) is 6.82. The number of hydrogen-bond acceptors (Lipinski definition) is 4. The molecule has 4 heteroatoms. The molecule has 0 saturated heterocycles. The lowest BCUT2D eigenvalue weighted by molar-refractivity contribution is -0.184. The van der Waals surface area contributed by atoms with Crippen LogP contribution >= 0.6 is 0 Å². The van der Waals surface area contributed by atoms with Crippen LogP contribution in [0.1, 0.15) is 34.6 Å². The Morgan fingerprint density at radius 2 is 1.39 bits per heavy atom. The molecule has 0 aliphatic carbocycles. The van der Waals surface area contributed by atoms with Gasteiger partial charge in [-0.25, -0.2) is 0 Å². The van der Waals surface area contributed by atoms with Crippen LogP contribution in [0.15, 0.2) is 0 Å². The fraction of sp³-hybridized carbons (Fsp3) is 1.00. The first-order valence-corrected chi connectivity index (χ1v) is 6.82. The van der Waals surface area contributed by atoms with Crippen LogP contribution in [0.25, 0.3) is 0 Å². The van der Waals surface area contributed by atoms with Gasteiger partial charge in [0, 0.05) is 33.9 Å². The normalized spacial score (nSPS) is 16.0. The van der Waals surface area contributed by atoms with E-state index in [2.05, 4.69) is 39.5 Å². The molecule has 0 spiro atoms. The summed E-state index contributed by atoms with van der Waals surface area (Å²) in [6.07, 6.45) is -0.306. The molecule has 0 amide bonds. The van der Waals surface area contributed by atoms with Crippen molar-refractivity contribution in [2.75, 3.05) is 33.9 Å². The Hall–Kier alpha value is -0.160. The van der Waals surface area contributed by atoms with Gasteiger partial charge in [0.2, 0.25) is 0 Å². The second kappa shape index (κ2) is 8.10. The zero-order valence-electron chi connectivity index (χ0n) is 13.2. The number of methoxy groups -OCH3 is 2. The number of rotatable bonds is 9. The molecule has 1 unspecified atom stereocenters. The summed E-state index contributed by atoms with van der Waals surface area (Å²) < 4.78 is 10.9.